The van der Waals surface area contributed by atoms with Crippen LogP contribution in [-0.4, -0.2) is 0 Å². The molecule has 0 aliphatic carbocycles. The molecule has 0 aromatic heterocycles. The highest BCUT2D eigenvalue weighted by atomic mass is 14.9. The number of benzene rings is 1. The lowest BCUT2D eigenvalue weighted by molar-refractivity contribution is 0.645. The molecule has 0 saturated heterocycles. The summed E-state index contributed by atoms with van der Waals surface area (Å²) in [5, 5.41) is 3.35. The number of aryl methyl sites for hydroxylation is 1. The molecule has 1 N–H and O–H groups in total. The van der Waals surface area contributed by atoms with Gasteiger partial charge in [-0.15, -0.1) is 6.58 Å². The molecule has 0 spiro atoms. The maximum atomic E-state index is 4.05. The Morgan fingerprint density at radius 1 is 1.17 bits per heavy atom. The third-order valence-corrected chi connectivity index (χ3v) is 2.77. The lowest BCUT2D eigenvalue weighted by Crippen LogP contribution is -2.01. The second kappa shape index (κ2) is 7.05. The van der Waals surface area contributed by atoms with E-state index < -0.39 is 0 Å². The fourth-order valence-electron chi connectivity index (χ4n) is 1.86. The van der Waals surface area contributed by atoms with Gasteiger partial charge in [0, 0.05) is 11.4 Å². The number of anilines is 1. The van der Waals surface area contributed by atoms with E-state index in [1.807, 2.05) is 0 Å². The zero-order valence-corrected chi connectivity index (χ0v) is 11.9. The summed E-state index contributed by atoms with van der Waals surface area (Å²) in [5.41, 5.74) is 4.81. The topological polar surface area (TPSA) is 12.0 Å². The van der Waals surface area contributed by atoms with Gasteiger partial charge < -0.3 is 5.32 Å². The van der Waals surface area contributed by atoms with Gasteiger partial charge in [-0.25, -0.2) is 0 Å². The van der Waals surface area contributed by atoms with Gasteiger partial charge in [0.1, 0.15) is 0 Å². The van der Waals surface area contributed by atoms with Gasteiger partial charge >= 0.3 is 0 Å². The van der Waals surface area contributed by atoms with E-state index in [0.29, 0.717) is 5.92 Å². The highest BCUT2D eigenvalue weighted by Crippen LogP contribution is 2.16. The first kappa shape index (κ1) is 14.6. The van der Waals surface area contributed by atoms with Gasteiger partial charge in [0.15, 0.2) is 0 Å². The lowest BCUT2D eigenvalue weighted by Gasteiger charge is -2.12. The van der Waals surface area contributed by atoms with Crippen LogP contribution in [0.25, 0.3) is 0 Å². The van der Waals surface area contributed by atoms with Gasteiger partial charge in [-0.3, -0.25) is 0 Å². The van der Waals surface area contributed by atoms with Crippen molar-refractivity contribution in [3.63, 3.8) is 0 Å². The monoisotopic (exact) mass is 243 g/mol. The Bertz CT molecular complexity index is 398. The van der Waals surface area contributed by atoms with E-state index in [9.17, 15) is 0 Å². The summed E-state index contributed by atoms with van der Waals surface area (Å²) in [4.78, 5) is 0. The zero-order chi connectivity index (χ0) is 13.5. The Morgan fingerprint density at radius 2 is 1.78 bits per heavy atom. The Balaban J connectivity index is 2.49. The summed E-state index contributed by atoms with van der Waals surface area (Å²) in [7, 11) is 0. The summed E-state index contributed by atoms with van der Waals surface area (Å²) < 4.78 is 0. The molecule has 0 saturated carbocycles. The van der Waals surface area contributed by atoms with Crippen LogP contribution in [0.2, 0.25) is 0 Å². The van der Waals surface area contributed by atoms with Gasteiger partial charge in [-0.1, -0.05) is 38.1 Å². The van der Waals surface area contributed by atoms with Crippen molar-refractivity contribution in [2.45, 2.75) is 40.0 Å². The fraction of sp³-hybridized carbons (Fsp3) is 0.412. The summed E-state index contributed by atoms with van der Waals surface area (Å²) in [6, 6.07) is 8.60. The molecule has 1 nitrogen and oxygen atoms in total. The third kappa shape index (κ3) is 5.72. The predicted molar refractivity (Wildman–Crippen MR) is 81.8 cm³/mol. The second-order valence-electron chi connectivity index (χ2n) is 5.48. The standard InChI is InChI=1S/C17H25N/c1-13(2)6-7-16-8-10-17(11-9-16)18-15(5)12-14(3)4/h8-11,14,18H,1,5-7,12H2,2-4H3. The molecule has 0 heterocycles. The van der Waals surface area contributed by atoms with Gasteiger partial charge in [0.25, 0.3) is 0 Å². The highest BCUT2D eigenvalue weighted by molar-refractivity contribution is 5.48. The van der Waals surface area contributed by atoms with E-state index in [1.54, 1.807) is 0 Å². The summed E-state index contributed by atoms with van der Waals surface area (Å²) in [6.07, 6.45) is 3.15. The van der Waals surface area contributed by atoms with E-state index in [1.165, 1.54) is 11.1 Å². The van der Waals surface area contributed by atoms with E-state index in [4.69, 9.17) is 0 Å². The van der Waals surface area contributed by atoms with E-state index in [-0.39, 0.29) is 0 Å². The smallest absolute Gasteiger partial charge is 0.0381 e. The molecule has 0 atom stereocenters. The molecule has 0 aliphatic rings. The van der Waals surface area contributed by atoms with E-state index >= 15 is 0 Å². The summed E-state index contributed by atoms with van der Waals surface area (Å²) >= 11 is 0. The van der Waals surface area contributed by atoms with Crippen LogP contribution in [0.1, 0.15) is 39.2 Å². The fourth-order valence-corrected chi connectivity index (χ4v) is 1.86. The van der Waals surface area contributed by atoms with Crippen molar-refractivity contribution in [2.24, 2.45) is 5.92 Å². The minimum Gasteiger partial charge on any atom is -0.359 e. The third-order valence-electron chi connectivity index (χ3n) is 2.77. The SMILES string of the molecule is C=C(C)CCc1ccc(NC(=C)CC(C)C)cc1. The minimum absolute atomic E-state index is 0.639. The van der Waals surface area contributed by atoms with Crippen molar-refractivity contribution in [3.05, 3.63) is 54.3 Å². The molecule has 0 aliphatic heterocycles. The van der Waals surface area contributed by atoms with Crippen LogP contribution in [0.4, 0.5) is 5.69 Å². The average Bonchev–Trinajstić information content (AvgIpc) is 2.26. The quantitative estimate of drug-likeness (QED) is 0.652. The van der Waals surface area contributed by atoms with Gasteiger partial charge in [0.2, 0.25) is 0 Å². The normalized spacial score (nSPS) is 10.4. The van der Waals surface area contributed by atoms with Crippen LogP contribution in [0.15, 0.2) is 48.7 Å². The van der Waals surface area contributed by atoms with Crippen molar-refractivity contribution in [1.29, 1.82) is 0 Å². The molecule has 0 radical (unpaired) electrons. The van der Waals surface area contributed by atoms with Crippen LogP contribution >= 0.6 is 0 Å². The Labute approximate surface area is 112 Å². The van der Waals surface area contributed by atoms with Gasteiger partial charge in [0.05, 0.1) is 0 Å². The number of nitrogens with one attached hydrogen (secondary N) is 1. The van der Waals surface area contributed by atoms with E-state index in [2.05, 4.69) is 63.5 Å². The van der Waals surface area contributed by atoms with Crippen LogP contribution < -0.4 is 5.32 Å². The molecule has 98 valence electrons. The first-order valence-electron chi connectivity index (χ1n) is 6.65. The molecule has 18 heavy (non-hydrogen) atoms. The van der Waals surface area contributed by atoms with Crippen LogP contribution in [0.3, 0.4) is 0 Å². The Kier molecular flexibility index (Phi) is 5.70. The lowest BCUT2D eigenvalue weighted by atomic mass is 10.1. The zero-order valence-electron chi connectivity index (χ0n) is 11.9. The molecule has 0 bridgehead atoms. The Morgan fingerprint density at radius 3 is 2.28 bits per heavy atom. The maximum absolute atomic E-state index is 4.05. The largest absolute Gasteiger partial charge is 0.359 e. The van der Waals surface area contributed by atoms with Crippen LogP contribution in [-0.2, 0) is 6.42 Å². The van der Waals surface area contributed by atoms with Crippen LogP contribution in [0.5, 0.6) is 0 Å². The highest BCUT2D eigenvalue weighted by Gasteiger charge is 2.00. The summed E-state index contributed by atoms with van der Waals surface area (Å²) in [6.45, 7) is 14.5. The van der Waals surface area contributed by atoms with Crippen molar-refractivity contribution in [1.82, 2.24) is 0 Å². The predicted octanol–water partition coefficient (Wildman–Crippen LogP) is 5.17. The maximum Gasteiger partial charge on any atom is 0.0381 e. The molecule has 1 aromatic rings. The van der Waals surface area contributed by atoms with Crippen LogP contribution in [0, 0.1) is 5.92 Å². The summed E-state index contributed by atoms with van der Waals surface area (Å²) in [5.74, 6) is 0.639. The second-order valence-corrected chi connectivity index (χ2v) is 5.48. The first-order chi connectivity index (χ1) is 8.47. The number of allylic oxidation sites excluding steroid dienone is 2. The molecule has 1 heteroatoms. The molecular weight excluding hydrogens is 218 g/mol. The van der Waals surface area contributed by atoms with Gasteiger partial charge in [-0.2, -0.15) is 0 Å². The first-order valence-corrected chi connectivity index (χ1v) is 6.65. The van der Waals surface area contributed by atoms with Gasteiger partial charge in [-0.05, 0) is 49.8 Å². The average molecular weight is 243 g/mol. The molecule has 0 amide bonds. The van der Waals surface area contributed by atoms with Crippen molar-refractivity contribution >= 4 is 5.69 Å². The minimum atomic E-state index is 0.639. The number of hydrogen-bond acceptors (Lipinski definition) is 1. The van der Waals surface area contributed by atoms with Crippen molar-refractivity contribution < 1.29 is 0 Å². The van der Waals surface area contributed by atoms with Crippen molar-refractivity contribution in [2.75, 3.05) is 5.32 Å². The van der Waals surface area contributed by atoms with Crippen molar-refractivity contribution in [3.8, 4) is 0 Å². The number of hydrogen-bond donors (Lipinski definition) is 1. The molecule has 1 aromatic carbocycles. The number of rotatable bonds is 7. The molecule has 0 fully saturated rings. The van der Waals surface area contributed by atoms with E-state index in [0.717, 1.165) is 30.6 Å². The molecule has 1 rings (SSSR count). The molecular formula is C17H25N. The molecule has 0 unspecified atom stereocenters. The Hall–Kier alpha value is -1.50.